The Labute approximate surface area is 104 Å². The van der Waals surface area contributed by atoms with Gasteiger partial charge in [0.2, 0.25) is 0 Å². The van der Waals surface area contributed by atoms with Crippen molar-refractivity contribution >= 4 is 0 Å². The van der Waals surface area contributed by atoms with Gasteiger partial charge in [0.05, 0.1) is 12.7 Å². The van der Waals surface area contributed by atoms with Crippen LogP contribution in [0.5, 0.6) is 0 Å². The van der Waals surface area contributed by atoms with Gasteiger partial charge >= 0.3 is 0 Å². The first-order valence-electron chi connectivity index (χ1n) is 7.06. The van der Waals surface area contributed by atoms with Crippen LogP contribution in [0.25, 0.3) is 0 Å². The summed E-state index contributed by atoms with van der Waals surface area (Å²) in [6, 6.07) is 0. The summed E-state index contributed by atoms with van der Waals surface area (Å²) in [5, 5.41) is 0. The first-order valence-corrected chi connectivity index (χ1v) is 7.06. The molecule has 0 amide bonds. The summed E-state index contributed by atoms with van der Waals surface area (Å²) in [6.07, 6.45) is 11.1. The third-order valence-corrected chi connectivity index (χ3v) is 4.13. The number of hydrogen-bond acceptors (Lipinski definition) is 3. The van der Waals surface area contributed by atoms with Crippen molar-refractivity contribution in [1.82, 2.24) is 4.90 Å². The molecule has 17 heavy (non-hydrogen) atoms. The van der Waals surface area contributed by atoms with E-state index in [4.69, 9.17) is 9.47 Å². The highest BCUT2D eigenvalue weighted by atomic mass is 16.7. The van der Waals surface area contributed by atoms with Crippen LogP contribution in [0.4, 0.5) is 0 Å². The second-order valence-electron chi connectivity index (χ2n) is 5.51. The molecule has 2 fully saturated rings. The van der Waals surface area contributed by atoms with Crippen LogP contribution in [0.3, 0.4) is 0 Å². The van der Waals surface area contributed by atoms with Crippen LogP contribution in [0, 0.1) is 5.92 Å². The molecule has 2 heterocycles. The van der Waals surface area contributed by atoms with Crippen molar-refractivity contribution in [1.29, 1.82) is 0 Å². The summed E-state index contributed by atoms with van der Waals surface area (Å²) in [5.74, 6) is 0.587. The Morgan fingerprint density at radius 2 is 2.06 bits per heavy atom. The lowest BCUT2D eigenvalue weighted by Gasteiger charge is -2.24. The smallest absolute Gasteiger partial charge is 0.161 e. The molecule has 0 radical (unpaired) electrons. The van der Waals surface area contributed by atoms with Gasteiger partial charge in [-0.25, -0.2) is 0 Å². The minimum Gasteiger partial charge on any atom is -0.350 e. The zero-order chi connectivity index (χ0) is 11.5. The van der Waals surface area contributed by atoms with Gasteiger partial charge in [0.1, 0.15) is 0 Å². The fraction of sp³-hybridized carbons (Fsp3) is 0.857. The van der Waals surface area contributed by atoms with Crippen molar-refractivity contribution in [2.24, 2.45) is 5.92 Å². The van der Waals surface area contributed by atoms with Crippen molar-refractivity contribution < 1.29 is 9.47 Å². The van der Waals surface area contributed by atoms with E-state index in [-0.39, 0.29) is 6.29 Å². The topological polar surface area (TPSA) is 21.7 Å². The minimum absolute atomic E-state index is 0.0625. The third-order valence-electron chi connectivity index (χ3n) is 4.13. The van der Waals surface area contributed by atoms with Gasteiger partial charge in [-0.2, -0.15) is 0 Å². The SMILES string of the molecule is C1=CCC(C2OCC(CN3CCCC3)O2)CC1. The normalized spacial score (nSPS) is 38.9. The van der Waals surface area contributed by atoms with E-state index in [1.54, 1.807) is 0 Å². The molecule has 3 heteroatoms. The van der Waals surface area contributed by atoms with Crippen molar-refractivity contribution in [2.45, 2.75) is 44.5 Å². The van der Waals surface area contributed by atoms with Crippen molar-refractivity contribution in [3.05, 3.63) is 12.2 Å². The number of nitrogens with zero attached hydrogens (tertiary/aromatic N) is 1. The van der Waals surface area contributed by atoms with Crippen LogP contribution >= 0.6 is 0 Å². The molecule has 0 bridgehead atoms. The molecule has 3 rings (SSSR count). The molecular formula is C14H23NO2. The number of hydrogen-bond donors (Lipinski definition) is 0. The molecule has 3 aliphatic rings. The highest BCUT2D eigenvalue weighted by Gasteiger charge is 2.33. The van der Waals surface area contributed by atoms with Gasteiger partial charge in [-0.05, 0) is 45.2 Å². The molecule has 0 saturated carbocycles. The lowest BCUT2D eigenvalue weighted by Crippen LogP contribution is -2.32. The zero-order valence-corrected chi connectivity index (χ0v) is 10.5. The summed E-state index contributed by atoms with van der Waals surface area (Å²) in [5.41, 5.74) is 0. The lowest BCUT2D eigenvalue weighted by molar-refractivity contribution is -0.100. The number of rotatable bonds is 3. The van der Waals surface area contributed by atoms with E-state index in [9.17, 15) is 0 Å². The van der Waals surface area contributed by atoms with E-state index in [2.05, 4.69) is 17.1 Å². The molecule has 0 aromatic heterocycles. The molecule has 2 saturated heterocycles. The van der Waals surface area contributed by atoms with Crippen LogP contribution in [0.2, 0.25) is 0 Å². The lowest BCUT2D eigenvalue weighted by atomic mass is 9.94. The monoisotopic (exact) mass is 237 g/mol. The average molecular weight is 237 g/mol. The van der Waals surface area contributed by atoms with Gasteiger partial charge in [0, 0.05) is 12.5 Å². The van der Waals surface area contributed by atoms with E-state index in [1.165, 1.54) is 38.8 Å². The average Bonchev–Trinajstić information content (AvgIpc) is 3.02. The maximum absolute atomic E-state index is 6.07. The zero-order valence-electron chi connectivity index (χ0n) is 10.5. The van der Waals surface area contributed by atoms with Crippen LogP contribution in [-0.4, -0.2) is 43.5 Å². The summed E-state index contributed by atoms with van der Waals surface area (Å²) < 4.78 is 11.9. The molecular weight excluding hydrogens is 214 g/mol. The fourth-order valence-corrected chi connectivity index (χ4v) is 3.13. The highest BCUT2D eigenvalue weighted by molar-refractivity contribution is 4.92. The summed E-state index contributed by atoms with van der Waals surface area (Å²) in [4.78, 5) is 2.51. The van der Waals surface area contributed by atoms with Gasteiger partial charge in [0.25, 0.3) is 0 Å². The van der Waals surface area contributed by atoms with Crippen molar-refractivity contribution in [3.8, 4) is 0 Å². The molecule has 3 atom stereocenters. The van der Waals surface area contributed by atoms with E-state index < -0.39 is 0 Å². The maximum atomic E-state index is 6.07. The second-order valence-corrected chi connectivity index (χ2v) is 5.51. The van der Waals surface area contributed by atoms with Gasteiger partial charge in [0.15, 0.2) is 6.29 Å². The van der Waals surface area contributed by atoms with E-state index in [1.807, 2.05) is 0 Å². The van der Waals surface area contributed by atoms with Crippen LogP contribution in [0.15, 0.2) is 12.2 Å². The molecule has 0 aromatic rings. The van der Waals surface area contributed by atoms with E-state index in [0.29, 0.717) is 12.0 Å². The van der Waals surface area contributed by atoms with Gasteiger partial charge in [-0.1, -0.05) is 12.2 Å². The Morgan fingerprint density at radius 1 is 1.18 bits per heavy atom. The molecule has 0 aromatic carbocycles. The van der Waals surface area contributed by atoms with E-state index >= 15 is 0 Å². The fourth-order valence-electron chi connectivity index (χ4n) is 3.13. The maximum Gasteiger partial charge on any atom is 0.161 e. The number of allylic oxidation sites excluding steroid dienone is 2. The molecule has 2 aliphatic heterocycles. The molecule has 0 N–H and O–H groups in total. The van der Waals surface area contributed by atoms with Gasteiger partial charge in [-0.3, -0.25) is 0 Å². The van der Waals surface area contributed by atoms with Gasteiger partial charge < -0.3 is 14.4 Å². The Balaban J connectivity index is 1.46. The number of ether oxygens (including phenoxy) is 2. The molecule has 3 nitrogen and oxygen atoms in total. The molecule has 0 spiro atoms. The predicted octanol–water partition coefficient (Wildman–Crippen LogP) is 2.18. The van der Waals surface area contributed by atoms with Crippen molar-refractivity contribution in [3.63, 3.8) is 0 Å². The van der Waals surface area contributed by atoms with Crippen LogP contribution in [-0.2, 0) is 9.47 Å². The highest BCUT2D eigenvalue weighted by Crippen LogP contribution is 2.29. The first kappa shape index (κ1) is 11.7. The number of likely N-dealkylation sites (tertiary alicyclic amines) is 1. The Morgan fingerprint density at radius 3 is 2.82 bits per heavy atom. The molecule has 96 valence electrons. The Kier molecular flexibility index (Phi) is 3.79. The summed E-state index contributed by atoms with van der Waals surface area (Å²) in [6.45, 7) is 4.35. The quantitative estimate of drug-likeness (QED) is 0.702. The van der Waals surface area contributed by atoms with Crippen LogP contribution < -0.4 is 0 Å². The van der Waals surface area contributed by atoms with E-state index in [0.717, 1.165) is 19.6 Å². The van der Waals surface area contributed by atoms with Crippen LogP contribution in [0.1, 0.15) is 32.1 Å². The van der Waals surface area contributed by atoms with Crippen molar-refractivity contribution in [2.75, 3.05) is 26.2 Å². The Bertz CT molecular complexity index is 273. The molecule has 1 aliphatic carbocycles. The summed E-state index contributed by atoms with van der Waals surface area (Å²) in [7, 11) is 0. The minimum atomic E-state index is 0.0625. The Hall–Kier alpha value is -0.380. The standard InChI is InChI=1S/C14H23NO2/c1-2-6-12(7-3-1)14-16-11-13(17-14)10-15-8-4-5-9-15/h1-2,12-14H,3-11H2. The predicted molar refractivity (Wildman–Crippen MR) is 66.8 cm³/mol. The summed E-state index contributed by atoms with van der Waals surface area (Å²) >= 11 is 0. The third kappa shape index (κ3) is 2.90. The second kappa shape index (κ2) is 5.51. The largest absolute Gasteiger partial charge is 0.350 e. The van der Waals surface area contributed by atoms with Gasteiger partial charge in [-0.15, -0.1) is 0 Å². The molecule has 3 unspecified atom stereocenters. The first-order chi connectivity index (χ1) is 8.42.